The molecule has 120 valence electrons. The van der Waals surface area contributed by atoms with Crippen LogP contribution in [0.15, 0.2) is 63.4 Å². The molecule has 5 nitrogen and oxygen atoms in total. The van der Waals surface area contributed by atoms with Gasteiger partial charge in [-0.3, -0.25) is 0 Å². The van der Waals surface area contributed by atoms with Crippen LogP contribution in [0, 0.1) is 0 Å². The summed E-state index contributed by atoms with van der Waals surface area (Å²) in [7, 11) is -2.76. The summed E-state index contributed by atoms with van der Waals surface area (Å²) in [5.74, 6) is -0.444. The first-order valence-electron chi connectivity index (χ1n) is 6.84. The number of carbonyl (C=O) groups excluding carboxylic acids is 1. The largest absolute Gasteiger partial charge is 0.423 e. The van der Waals surface area contributed by atoms with E-state index in [0.29, 0.717) is 15.8 Å². The summed E-state index contributed by atoms with van der Waals surface area (Å²) in [5, 5.41) is 0. The number of halogens is 1. The molecule has 0 saturated heterocycles. The van der Waals surface area contributed by atoms with E-state index in [4.69, 9.17) is 4.74 Å². The summed E-state index contributed by atoms with van der Waals surface area (Å²) < 4.78 is 32.0. The maximum atomic E-state index is 12.7. The molecule has 0 amide bonds. The molecule has 0 spiro atoms. The lowest BCUT2D eigenvalue weighted by Crippen LogP contribution is -2.37. The van der Waals surface area contributed by atoms with Crippen LogP contribution in [0.4, 0.5) is 0 Å². The van der Waals surface area contributed by atoms with Gasteiger partial charge in [0.2, 0.25) is 0 Å². The number of esters is 1. The minimum absolute atomic E-state index is 0.147. The highest BCUT2D eigenvalue weighted by Crippen LogP contribution is 2.33. The van der Waals surface area contributed by atoms with Gasteiger partial charge in [-0.15, -0.1) is 4.36 Å². The Bertz CT molecular complexity index is 828. The Morgan fingerprint density at radius 2 is 1.74 bits per heavy atom. The number of ether oxygens (including phenoxy) is 1. The van der Waals surface area contributed by atoms with Gasteiger partial charge in [0.25, 0.3) is 0 Å². The molecule has 0 aliphatic carbocycles. The van der Waals surface area contributed by atoms with Gasteiger partial charge < -0.3 is 4.74 Å². The Balaban J connectivity index is 2.52. The molecule has 0 aliphatic heterocycles. The fraction of sp³-hybridized carbons (Fsp3) is 0.188. The molecule has 0 aliphatic rings. The smallest absolute Gasteiger partial charge is 0.345 e. The van der Waals surface area contributed by atoms with Crippen LogP contribution in [-0.4, -0.2) is 14.4 Å². The van der Waals surface area contributed by atoms with Gasteiger partial charge in [-0.05, 0) is 40.0 Å². The van der Waals surface area contributed by atoms with Crippen LogP contribution in [0.2, 0.25) is 0 Å². The minimum Gasteiger partial charge on any atom is -0.423 e. The predicted octanol–water partition coefficient (Wildman–Crippen LogP) is 3.72. The average molecular weight is 396 g/mol. The van der Waals surface area contributed by atoms with E-state index in [-0.39, 0.29) is 6.42 Å². The van der Waals surface area contributed by atoms with Gasteiger partial charge in [-0.1, -0.05) is 49.4 Å². The summed E-state index contributed by atoms with van der Waals surface area (Å²) in [6, 6.07) is 15.3. The van der Waals surface area contributed by atoms with E-state index in [1.807, 2.05) is 0 Å². The maximum Gasteiger partial charge on any atom is 0.345 e. The van der Waals surface area contributed by atoms with Crippen LogP contribution >= 0.6 is 15.9 Å². The zero-order valence-corrected chi connectivity index (χ0v) is 14.7. The zero-order chi connectivity index (χ0) is 16.9. The number of rotatable bonds is 5. The molecule has 0 saturated carbocycles. The second kappa shape index (κ2) is 7.52. The van der Waals surface area contributed by atoms with Gasteiger partial charge in [0.05, 0.1) is 4.47 Å². The molecule has 0 heterocycles. The molecule has 7 heteroatoms. The van der Waals surface area contributed by atoms with Crippen molar-refractivity contribution in [2.45, 2.75) is 18.9 Å². The van der Waals surface area contributed by atoms with Crippen molar-refractivity contribution < 1.29 is 17.9 Å². The number of benzene rings is 2. The van der Waals surface area contributed by atoms with Crippen molar-refractivity contribution in [1.82, 2.24) is 0 Å². The highest BCUT2D eigenvalue weighted by molar-refractivity contribution is 9.10. The SMILES string of the molecule is CCC(N=S(=O)=O)(C(=O)Oc1ccccc1Br)c1ccccc1. The van der Waals surface area contributed by atoms with Gasteiger partial charge in [-0.25, -0.2) is 4.79 Å². The molecule has 0 aromatic heterocycles. The Kier molecular flexibility index (Phi) is 5.68. The lowest BCUT2D eigenvalue weighted by molar-refractivity contribution is -0.140. The van der Waals surface area contributed by atoms with Gasteiger partial charge in [0, 0.05) is 0 Å². The van der Waals surface area contributed by atoms with Gasteiger partial charge in [0.1, 0.15) is 5.75 Å². The third-order valence-electron chi connectivity index (χ3n) is 3.37. The average Bonchev–Trinajstić information content (AvgIpc) is 2.55. The van der Waals surface area contributed by atoms with E-state index in [0.717, 1.165) is 0 Å². The molecule has 2 aromatic rings. The maximum absolute atomic E-state index is 12.7. The third-order valence-corrected chi connectivity index (χ3v) is 4.49. The van der Waals surface area contributed by atoms with Crippen LogP contribution in [0.5, 0.6) is 5.75 Å². The summed E-state index contributed by atoms with van der Waals surface area (Å²) in [4.78, 5) is 12.7. The zero-order valence-electron chi connectivity index (χ0n) is 12.3. The predicted molar refractivity (Wildman–Crippen MR) is 89.5 cm³/mol. The van der Waals surface area contributed by atoms with E-state index in [1.165, 1.54) is 0 Å². The highest BCUT2D eigenvalue weighted by Gasteiger charge is 2.41. The monoisotopic (exact) mass is 395 g/mol. The Labute approximate surface area is 144 Å². The molecular formula is C16H14BrNO4S. The topological polar surface area (TPSA) is 72.8 Å². The molecule has 0 radical (unpaired) electrons. The van der Waals surface area contributed by atoms with E-state index in [9.17, 15) is 13.2 Å². The first-order valence-corrected chi connectivity index (χ1v) is 8.66. The standard InChI is InChI=1S/C16H14BrNO4S/c1-2-16(18-23(20)21,12-8-4-3-5-9-12)15(19)22-14-11-7-6-10-13(14)17/h3-11H,2H2,1H3. The van der Waals surface area contributed by atoms with Crippen molar-refractivity contribution in [2.75, 3.05) is 0 Å². The van der Waals surface area contributed by atoms with Crippen molar-refractivity contribution in [1.29, 1.82) is 0 Å². The first kappa shape index (κ1) is 17.4. The van der Waals surface area contributed by atoms with E-state index < -0.39 is 22.0 Å². The van der Waals surface area contributed by atoms with Crippen molar-refractivity contribution in [3.63, 3.8) is 0 Å². The highest BCUT2D eigenvalue weighted by atomic mass is 79.9. The van der Waals surface area contributed by atoms with Gasteiger partial charge in [-0.2, -0.15) is 8.42 Å². The summed E-state index contributed by atoms with van der Waals surface area (Å²) in [6.45, 7) is 1.69. The molecule has 0 fully saturated rings. The van der Waals surface area contributed by atoms with Crippen molar-refractivity contribution >= 4 is 32.4 Å². The van der Waals surface area contributed by atoms with Crippen LogP contribution < -0.4 is 4.74 Å². The summed E-state index contributed by atoms with van der Waals surface area (Å²) >= 11 is 3.29. The summed E-state index contributed by atoms with van der Waals surface area (Å²) in [5.41, 5.74) is -1.15. The van der Waals surface area contributed by atoms with Crippen LogP contribution in [0.1, 0.15) is 18.9 Å². The first-order chi connectivity index (χ1) is 11.0. The van der Waals surface area contributed by atoms with Crippen molar-refractivity contribution in [3.8, 4) is 5.75 Å². The number of hydrogen-bond donors (Lipinski definition) is 0. The fourth-order valence-corrected chi connectivity index (χ4v) is 3.10. The second-order valence-corrected chi connectivity index (χ2v) is 6.18. The number of carbonyl (C=O) groups is 1. The van der Waals surface area contributed by atoms with Crippen molar-refractivity contribution in [3.05, 3.63) is 64.6 Å². The lowest BCUT2D eigenvalue weighted by Gasteiger charge is -2.24. The lowest BCUT2D eigenvalue weighted by atomic mass is 9.88. The Hall–Kier alpha value is -1.99. The molecule has 0 bridgehead atoms. The van der Waals surface area contributed by atoms with E-state index in [1.54, 1.807) is 61.5 Å². The normalized spacial score (nSPS) is 13.0. The molecule has 1 atom stereocenters. The van der Waals surface area contributed by atoms with Crippen LogP contribution in [-0.2, 0) is 20.8 Å². The van der Waals surface area contributed by atoms with Gasteiger partial charge >= 0.3 is 16.5 Å². The molecule has 1 unspecified atom stereocenters. The molecule has 23 heavy (non-hydrogen) atoms. The quantitative estimate of drug-likeness (QED) is 0.571. The van der Waals surface area contributed by atoms with E-state index in [2.05, 4.69) is 20.3 Å². The number of para-hydroxylation sites is 1. The third kappa shape index (κ3) is 3.86. The molecule has 0 N–H and O–H groups in total. The second-order valence-electron chi connectivity index (χ2n) is 4.71. The summed E-state index contributed by atoms with van der Waals surface area (Å²) in [6.07, 6.45) is 0.147. The van der Waals surface area contributed by atoms with Crippen LogP contribution in [0.3, 0.4) is 0 Å². The molecular weight excluding hydrogens is 382 g/mol. The number of hydrogen-bond acceptors (Lipinski definition) is 5. The minimum atomic E-state index is -2.76. The molecule has 2 rings (SSSR count). The van der Waals surface area contributed by atoms with Gasteiger partial charge in [0.15, 0.2) is 5.54 Å². The number of nitrogens with zero attached hydrogens (tertiary/aromatic N) is 1. The van der Waals surface area contributed by atoms with Crippen LogP contribution in [0.25, 0.3) is 0 Å². The Morgan fingerprint density at radius 1 is 1.13 bits per heavy atom. The van der Waals surface area contributed by atoms with Crippen molar-refractivity contribution in [2.24, 2.45) is 4.36 Å². The van der Waals surface area contributed by atoms with E-state index >= 15 is 0 Å². The fourth-order valence-electron chi connectivity index (χ4n) is 2.17. The Morgan fingerprint density at radius 3 is 2.30 bits per heavy atom. The molecule has 2 aromatic carbocycles.